The number of halogens is 1. The van der Waals surface area contributed by atoms with Crippen LogP contribution in [0.4, 0.5) is 4.39 Å². The Kier molecular flexibility index (Phi) is 6.87. The number of nitrogens with one attached hydrogen (secondary N) is 4. The summed E-state index contributed by atoms with van der Waals surface area (Å²) in [5.41, 5.74) is 0. The second-order valence-electron chi connectivity index (χ2n) is 5.81. The lowest BCUT2D eigenvalue weighted by Crippen LogP contribution is -2.51. The van der Waals surface area contributed by atoms with Crippen molar-refractivity contribution in [2.45, 2.75) is 45.8 Å². The zero-order valence-corrected chi connectivity index (χ0v) is 14.1. The minimum absolute atomic E-state index is 0.339. The van der Waals surface area contributed by atoms with Gasteiger partial charge >= 0.3 is 0 Å². The van der Waals surface area contributed by atoms with Crippen molar-refractivity contribution in [2.75, 3.05) is 6.54 Å². The normalized spacial score (nSPS) is 33.0. The van der Waals surface area contributed by atoms with Crippen LogP contribution in [0.5, 0.6) is 0 Å². The van der Waals surface area contributed by atoms with Gasteiger partial charge in [-0.2, -0.15) is 0 Å². The van der Waals surface area contributed by atoms with E-state index in [-0.39, 0.29) is 6.54 Å². The second-order valence-corrected chi connectivity index (χ2v) is 5.81. The zero-order valence-electron chi connectivity index (χ0n) is 14.1. The molecular formula is C15H23FN4O4. The third-order valence-electron chi connectivity index (χ3n) is 3.54. The molecule has 9 heteroatoms. The van der Waals surface area contributed by atoms with Crippen LogP contribution in [0.15, 0.2) is 11.9 Å². The minimum Gasteiger partial charge on any atom is -0.345 e. The molecule has 0 bridgehead atoms. The number of rotatable bonds is 0. The van der Waals surface area contributed by atoms with Gasteiger partial charge in [-0.3, -0.25) is 19.2 Å². The summed E-state index contributed by atoms with van der Waals surface area (Å²) < 4.78 is 14.1. The summed E-state index contributed by atoms with van der Waals surface area (Å²) in [7, 11) is 0. The Labute approximate surface area is 139 Å². The first-order valence-corrected chi connectivity index (χ1v) is 7.66. The second kappa shape index (κ2) is 8.42. The number of hydrogen-bond donors (Lipinski definition) is 4. The average Bonchev–Trinajstić information content (AvgIpc) is 2.50. The van der Waals surface area contributed by atoms with Crippen molar-refractivity contribution < 1.29 is 23.6 Å². The molecule has 1 aliphatic heterocycles. The molecule has 0 saturated carbocycles. The molecule has 1 heterocycles. The van der Waals surface area contributed by atoms with Crippen LogP contribution < -0.4 is 21.3 Å². The topological polar surface area (TPSA) is 116 Å². The largest absolute Gasteiger partial charge is 0.345 e. The first kappa shape index (κ1) is 19.6. The van der Waals surface area contributed by atoms with E-state index in [1.807, 2.05) is 0 Å². The molecule has 4 amide bonds. The maximum atomic E-state index is 14.1. The van der Waals surface area contributed by atoms with Crippen LogP contribution in [0, 0.1) is 5.92 Å². The number of amides is 4. The monoisotopic (exact) mass is 342 g/mol. The van der Waals surface area contributed by atoms with E-state index in [1.165, 1.54) is 27.7 Å². The molecule has 0 radical (unpaired) electrons. The first-order valence-electron chi connectivity index (χ1n) is 7.66. The Morgan fingerprint density at radius 3 is 2.00 bits per heavy atom. The van der Waals surface area contributed by atoms with Gasteiger partial charge < -0.3 is 21.3 Å². The maximum Gasteiger partial charge on any atom is 0.242 e. The molecule has 0 aromatic carbocycles. The summed E-state index contributed by atoms with van der Waals surface area (Å²) >= 11 is 0. The summed E-state index contributed by atoms with van der Waals surface area (Å²) in [5.74, 6) is -3.77. The van der Waals surface area contributed by atoms with E-state index >= 15 is 0 Å². The average molecular weight is 342 g/mol. The molecule has 0 aromatic heterocycles. The summed E-state index contributed by atoms with van der Waals surface area (Å²) in [5, 5.41) is 9.59. The van der Waals surface area contributed by atoms with Gasteiger partial charge in [0, 0.05) is 0 Å². The fourth-order valence-corrected chi connectivity index (χ4v) is 1.96. The molecule has 0 spiro atoms. The third kappa shape index (κ3) is 5.64. The number of hydrogen-bond acceptors (Lipinski definition) is 4. The Morgan fingerprint density at radius 1 is 0.833 bits per heavy atom. The van der Waals surface area contributed by atoms with E-state index in [1.54, 1.807) is 0 Å². The van der Waals surface area contributed by atoms with Gasteiger partial charge in [0.05, 0.1) is 18.5 Å². The van der Waals surface area contributed by atoms with Crippen molar-refractivity contribution in [3.63, 3.8) is 0 Å². The van der Waals surface area contributed by atoms with Gasteiger partial charge in [0.25, 0.3) is 0 Å². The van der Waals surface area contributed by atoms with Crippen LogP contribution in [0.3, 0.4) is 0 Å². The summed E-state index contributed by atoms with van der Waals surface area (Å²) in [6.45, 7) is 5.45. The Hall–Kier alpha value is -2.45. The van der Waals surface area contributed by atoms with Crippen molar-refractivity contribution in [1.82, 2.24) is 21.3 Å². The smallest absolute Gasteiger partial charge is 0.242 e. The quantitative estimate of drug-likeness (QED) is 0.457. The lowest BCUT2D eigenvalue weighted by atomic mass is 10.1. The zero-order chi connectivity index (χ0) is 18.4. The fraction of sp³-hybridized carbons (Fsp3) is 0.600. The van der Waals surface area contributed by atoms with Gasteiger partial charge in [0.15, 0.2) is 0 Å². The lowest BCUT2D eigenvalue weighted by molar-refractivity contribution is -0.131. The SMILES string of the molecule is C[C@@H]1/C=C(\F)[C@H](C)NC(=O)[C@@H](C)NC(=O)CNC(=O)[C@H](C)NC1=O. The lowest BCUT2D eigenvalue weighted by Gasteiger charge is -2.18. The summed E-state index contributed by atoms with van der Waals surface area (Å²) in [6, 6.07) is -2.73. The molecule has 1 aliphatic rings. The highest BCUT2D eigenvalue weighted by molar-refractivity contribution is 5.92. The Balaban J connectivity index is 3.00. The van der Waals surface area contributed by atoms with E-state index in [4.69, 9.17) is 0 Å². The van der Waals surface area contributed by atoms with Gasteiger partial charge in [-0.15, -0.1) is 0 Å². The minimum atomic E-state index is -0.950. The van der Waals surface area contributed by atoms with Gasteiger partial charge in [0.1, 0.15) is 17.9 Å². The van der Waals surface area contributed by atoms with Gasteiger partial charge in [-0.1, -0.05) is 0 Å². The highest BCUT2D eigenvalue weighted by Gasteiger charge is 2.23. The molecule has 134 valence electrons. The van der Waals surface area contributed by atoms with E-state index in [9.17, 15) is 23.6 Å². The van der Waals surface area contributed by atoms with Gasteiger partial charge in [-0.05, 0) is 33.8 Å². The molecular weight excluding hydrogens is 319 g/mol. The first-order chi connectivity index (χ1) is 11.1. The highest BCUT2D eigenvalue weighted by Crippen LogP contribution is 2.10. The van der Waals surface area contributed by atoms with E-state index < -0.39 is 53.5 Å². The predicted octanol–water partition coefficient (Wildman–Crippen LogP) is -0.880. The predicted molar refractivity (Wildman–Crippen MR) is 84.2 cm³/mol. The van der Waals surface area contributed by atoms with Crippen molar-refractivity contribution in [3.8, 4) is 0 Å². The van der Waals surface area contributed by atoms with Crippen LogP contribution in [-0.4, -0.2) is 48.3 Å². The van der Waals surface area contributed by atoms with Crippen LogP contribution in [-0.2, 0) is 19.2 Å². The summed E-state index contributed by atoms with van der Waals surface area (Å²) in [4.78, 5) is 47.5. The highest BCUT2D eigenvalue weighted by atomic mass is 19.1. The molecule has 0 saturated heterocycles. The molecule has 0 unspecified atom stereocenters. The standard InChI is InChI=1S/C15H23FN4O4/c1-7-5-11(16)8(2)19-15(24)10(4)18-12(21)6-17-14(23)9(3)20-13(7)22/h5,7-10H,6H2,1-4H3,(H,17,23)(H,18,21)(H,19,24)(H,20,22)/b11-5-/t7-,8+,9+,10-/m1/s1. The number of carbonyl (C=O) groups excluding carboxylic acids is 4. The molecule has 0 fully saturated rings. The van der Waals surface area contributed by atoms with Crippen LogP contribution in [0.25, 0.3) is 0 Å². The van der Waals surface area contributed by atoms with E-state index in [0.29, 0.717) is 0 Å². The van der Waals surface area contributed by atoms with Crippen LogP contribution in [0.1, 0.15) is 27.7 Å². The molecule has 24 heavy (non-hydrogen) atoms. The molecule has 0 aliphatic carbocycles. The molecule has 0 aromatic rings. The van der Waals surface area contributed by atoms with E-state index in [2.05, 4.69) is 21.3 Å². The molecule has 1 rings (SSSR count). The van der Waals surface area contributed by atoms with Crippen molar-refractivity contribution >= 4 is 23.6 Å². The van der Waals surface area contributed by atoms with Crippen molar-refractivity contribution in [3.05, 3.63) is 11.9 Å². The third-order valence-corrected chi connectivity index (χ3v) is 3.54. The van der Waals surface area contributed by atoms with Crippen molar-refractivity contribution in [2.24, 2.45) is 5.92 Å². The summed E-state index contributed by atoms with van der Waals surface area (Å²) in [6.07, 6.45) is 1.08. The molecule has 4 atom stereocenters. The van der Waals surface area contributed by atoms with Crippen LogP contribution in [0.2, 0.25) is 0 Å². The number of carbonyl (C=O) groups is 4. The molecule has 4 N–H and O–H groups in total. The fourth-order valence-electron chi connectivity index (χ4n) is 1.96. The maximum absolute atomic E-state index is 14.1. The van der Waals surface area contributed by atoms with E-state index in [0.717, 1.165) is 6.08 Å². The molecule has 8 nitrogen and oxygen atoms in total. The van der Waals surface area contributed by atoms with Gasteiger partial charge in [0.2, 0.25) is 23.6 Å². The Bertz CT molecular complexity index is 564. The van der Waals surface area contributed by atoms with Crippen molar-refractivity contribution in [1.29, 1.82) is 0 Å². The van der Waals surface area contributed by atoms with Crippen LogP contribution >= 0.6 is 0 Å². The Morgan fingerprint density at radius 2 is 1.38 bits per heavy atom. The van der Waals surface area contributed by atoms with Gasteiger partial charge in [-0.25, -0.2) is 4.39 Å².